The minimum Gasteiger partial charge on any atom is -0.408 e. The van der Waals surface area contributed by atoms with Crippen LogP contribution in [-0.2, 0) is 0 Å². The molecule has 0 aliphatic rings. The molecule has 5 nitrogen and oxygen atoms in total. The van der Waals surface area contributed by atoms with Gasteiger partial charge in [0.1, 0.15) is 0 Å². The number of fused-ring (bicyclic) bond motifs is 1. The minimum atomic E-state index is -0.432. The Kier molecular flexibility index (Phi) is 3.84. The molecule has 0 aliphatic heterocycles. The number of benzene rings is 1. The number of aromatic amines is 1. The number of aromatic nitrogens is 1. The molecule has 2 atom stereocenters. The smallest absolute Gasteiger partial charge is 0.408 e. The Balaban J connectivity index is 2.31. The molecule has 98 valence electrons. The molecule has 2 rings (SSSR count). The zero-order valence-corrected chi connectivity index (χ0v) is 10.7. The topological polar surface area (TPSA) is 84.0 Å². The Morgan fingerprint density at radius 1 is 1.50 bits per heavy atom. The van der Waals surface area contributed by atoms with E-state index in [-0.39, 0.29) is 6.04 Å². The van der Waals surface area contributed by atoms with E-state index in [1.165, 1.54) is 0 Å². The molecule has 0 aliphatic carbocycles. The van der Waals surface area contributed by atoms with Crippen LogP contribution < -0.4 is 16.8 Å². The van der Waals surface area contributed by atoms with Gasteiger partial charge in [-0.2, -0.15) is 0 Å². The first-order valence-electron chi connectivity index (χ1n) is 6.18. The molecule has 5 heteroatoms. The van der Waals surface area contributed by atoms with Crippen molar-refractivity contribution in [3.8, 4) is 0 Å². The van der Waals surface area contributed by atoms with Crippen molar-refractivity contribution < 1.29 is 4.42 Å². The van der Waals surface area contributed by atoms with Crippen LogP contribution in [-0.4, -0.2) is 18.6 Å². The van der Waals surface area contributed by atoms with Crippen LogP contribution in [0.1, 0.15) is 24.9 Å². The fourth-order valence-electron chi connectivity index (χ4n) is 2.23. The molecule has 18 heavy (non-hydrogen) atoms. The summed E-state index contributed by atoms with van der Waals surface area (Å²) in [4.78, 5) is 13.7. The third kappa shape index (κ3) is 2.47. The first kappa shape index (κ1) is 12.9. The third-order valence-corrected chi connectivity index (χ3v) is 3.33. The molecular formula is C13H19N3O2. The molecule has 0 bridgehead atoms. The largest absolute Gasteiger partial charge is 0.417 e. The van der Waals surface area contributed by atoms with E-state index in [0.29, 0.717) is 17.0 Å². The van der Waals surface area contributed by atoms with Gasteiger partial charge in [-0.05, 0) is 37.2 Å². The lowest BCUT2D eigenvalue weighted by Gasteiger charge is -2.22. The summed E-state index contributed by atoms with van der Waals surface area (Å²) in [6.45, 7) is 2.99. The standard InChI is InChI=1S/C13H19N3O2/c1-3-8(7-15-2)12(14)9-4-5-10-11(6-9)18-13(17)16-10/h4-6,8,12,15H,3,7,14H2,1-2H3,(H,16,17). The molecule has 0 saturated heterocycles. The molecule has 1 aromatic heterocycles. The van der Waals surface area contributed by atoms with Crippen LogP contribution in [0.2, 0.25) is 0 Å². The van der Waals surface area contributed by atoms with Gasteiger partial charge in [0.2, 0.25) is 0 Å². The van der Waals surface area contributed by atoms with Gasteiger partial charge in [0.15, 0.2) is 5.58 Å². The highest BCUT2D eigenvalue weighted by molar-refractivity contribution is 5.72. The van der Waals surface area contributed by atoms with Crippen LogP contribution in [0.4, 0.5) is 0 Å². The van der Waals surface area contributed by atoms with Crippen LogP contribution in [0, 0.1) is 5.92 Å². The molecule has 1 heterocycles. The lowest BCUT2D eigenvalue weighted by atomic mass is 9.91. The lowest BCUT2D eigenvalue weighted by molar-refractivity contribution is 0.403. The fourth-order valence-corrected chi connectivity index (χ4v) is 2.23. The molecule has 0 fully saturated rings. The summed E-state index contributed by atoms with van der Waals surface area (Å²) in [5.74, 6) is -0.0731. The summed E-state index contributed by atoms with van der Waals surface area (Å²) < 4.78 is 5.05. The maximum atomic E-state index is 11.1. The molecule has 2 aromatic rings. The number of oxazole rings is 1. The molecule has 0 saturated carbocycles. The van der Waals surface area contributed by atoms with Crippen LogP contribution in [0.3, 0.4) is 0 Å². The van der Waals surface area contributed by atoms with Gasteiger partial charge in [0.25, 0.3) is 0 Å². The van der Waals surface area contributed by atoms with Crippen molar-refractivity contribution in [1.82, 2.24) is 10.3 Å². The van der Waals surface area contributed by atoms with Gasteiger partial charge < -0.3 is 15.5 Å². The van der Waals surface area contributed by atoms with E-state index in [1.807, 2.05) is 25.2 Å². The molecule has 0 radical (unpaired) electrons. The molecule has 0 amide bonds. The van der Waals surface area contributed by atoms with Crippen LogP contribution in [0.15, 0.2) is 27.4 Å². The highest BCUT2D eigenvalue weighted by atomic mass is 16.4. The van der Waals surface area contributed by atoms with Gasteiger partial charge >= 0.3 is 5.76 Å². The van der Waals surface area contributed by atoms with Gasteiger partial charge in [-0.25, -0.2) is 4.79 Å². The Labute approximate surface area is 105 Å². The fraction of sp³-hybridized carbons (Fsp3) is 0.462. The minimum absolute atomic E-state index is 0.0629. The van der Waals surface area contributed by atoms with Crippen molar-refractivity contribution in [2.45, 2.75) is 19.4 Å². The van der Waals surface area contributed by atoms with Crippen molar-refractivity contribution >= 4 is 11.1 Å². The molecule has 1 aromatic carbocycles. The van der Waals surface area contributed by atoms with E-state index in [9.17, 15) is 4.79 Å². The zero-order valence-electron chi connectivity index (χ0n) is 10.7. The van der Waals surface area contributed by atoms with Crippen LogP contribution >= 0.6 is 0 Å². The summed E-state index contributed by atoms with van der Waals surface area (Å²) in [6.07, 6.45) is 0.997. The summed E-state index contributed by atoms with van der Waals surface area (Å²) in [6, 6.07) is 5.56. The Morgan fingerprint density at radius 3 is 2.94 bits per heavy atom. The average Bonchev–Trinajstić information content (AvgIpc) is 2.74. The number of nitrogens with two attached hydrogens (primary N) is 1. The Morgan fingerprint density at radius 2 is 2.28 bits per heavy atom. The summed E-state index contributed by atoms with van der Waals surface area (Å²) in [7, 11) is 1.92. The summed E-state index contributed by atoms with van der Waals surface area (Å²) in [5, 5.41) is 3.15. The van der Waals surface area contributed by atoms with E-state index in [2.05, 4.69) is 17.2 Å². The van der Waals surface area contributed by atoms with Crippen LogP contribution in [0.5, 0.6) is 0 Å². The predicted molar refractivity (Wildman–Crippen MR) is 71.5 cm³/mol. The van der Waals surface area contributed by atoms with E-state index < -0.39 is 5.76 Å². The maximum absolute atomic E-state index is 11.1. The summed E-state index contributed by atoms with van der Waals surface area (Å²) in [5.41, 5.74) is 8.52. The van der Waals surface area contributed by atoms with E-state index in [4.69, 9.17) is 10.2 Å². The monoisotopic (exact) mass is 249 g/mol. The number of hydrogen-bond acceptors (Lipinski definition) is 4. The van der Waals surface area contributed by atoms with Crippen molar-refractivity contribution in [3.05, 3.63) is 34.3 Å². The Bertz CT molecular complexity index is 573. The van der Waals surface area contributed by atoms with Gasteiger partial charge in [-0.3, -0.25) is 4.98 Å². The molecule has 0 spiro atoms. The molecule has 2 unspecified atom stereocenters. The second-order valence-corrected chi connectivity index (χ2v) is 4.52. The molecular weight excluding hydrogens is 230 g/mol. The van der Waals surface area contributed by atoms with Crippen molar-refractivity contribution in [1.29, 1.82) is 0 Å². The molecule has 4 N–H and O–H groups in total. The normalized spacial score (nSPS) is 14.8. The second-order valence-electron chi connectivity index (χ2n) is 4.52. The van der Waals surface area contributed by atoms with E-state index >= 15 is 0 Å². The first-order valence-corrected chi connectivity index (χ1v) is 6.18. The SMILES string of the molecule is CCC(CNC)C(N)c1ccc2[nH]c(=O)oc2c1. The highest BCUT2D eigenvalue weighted by Gasteiger charge is 2.18. The average molecular weight is 249 g/mol. The third-order valence-electron chi connectivity index (χ3n) is 3.33. The van der Waals surface area contributed by atoms with Crippen molar-refractivity contribution in [2.24, 2.45) is 11.7 Å². The quantitative estimate of drug-likeness (QED) is 0.747. The predicted octanol–water partition coefficient (Wildman–Crippen LogP) is 1.37. The van der Waals surface area contributed by atoms with Gasteiger partial charge in [0, 0.05) is 6.04 Å². The number of H-pyrrole nitrogens is 1. The lowest BCUT2D eigenvalue weighted by Crippen LogP contribution is -2.29. The van der Waals surface area contributed by atoms with Gasteiger partial charge in [-0.15, -0.1) is 0 Å². The van der Waals surface area contributed by atoms with E-state index in [1.54, 1.807) is 0 Å². The number of rotatable bonds is 5. The Hall–Kier alpha value is -1.59. The second kappa shape index (κ2) is 5.37. The van der Waals surface area contributed by atoms with Gasteiger partial charge in [-0.1, -0.05) is 19.4 Å². The summed E-state index contributed by atoms with van der Waals surface area (Å²) >= 11 is 0. The van der Waals surface area contributed by atoms with Crippen molar-refractivity contribution in [3.63, 3.8) is 0 Å². The number of nitrogens with one attached hydrogen (secondary N) is 2. The maximum Gasteiger partial charge on any atom is 0.417 e. The van der Waals surface area contributed by atoms with Crippen molar-refractivity contribution in [2.75, 3.05) is 13.6 Å². The van der Waals surface area contributed by atoms with E-state index in [0.717, 1.165) is 18.5 Å². The first-order chi connectivity index (χ1) is 8.65. The van der Waals surface area contributed by atoms with Gasteiger partial charge in [0.05, 0.1) is 5.52 Å². The number of hydrogen-bond donors (Lipinski definition) is 3. The highest BCUT2D eigenvalue weighted by Crippen LogP contribution is 2.24. The zero-order chi connectivity index (χ0) is 13.1. The van der Waals surface area contributed by atoms with Crippen LogP contribution in [0.25, 0.3) is 11.1 Å².